The van der Waals surface area contributed by atoms with E-state index in [2.05, 4.69) is 26.0 Å². The summed E-state index contributed by atoms with van der Waals surface area (Å²) in [4.78, 5) is 24.4. The molecule has 0 spiro atoms. The topological polar surface area (TPSA) is 61.8 Å². The summed E-state index contributed by atoms with van der Waals surface area (Å²) < 4.78 is 45.7. The van der Waals surface area contributed by atoms with E-state index in [1.807, 2.05) is 12.1 Å². The van der Waals surface area contributed by atoms with Crippen LogP contribution in [0.1, 0.15) is 167 Å². The fourth-order valence-corrected chi connectivity index (χ4v) is 6.90. The van der Waals surface area contributed by atoms with E-state index in [-0.39, 0.29) is 25.0 Å². The van der Waals surface area contributed by atoms with E-state index >= 15 is 0 Å². The van der Waals surface area contributed by atoms with Crippen molar-refractivity contribution in [3.8, 4) is 5.75 Å². The standard InChI is InChI=1S/C39H62F2O5/c1-3-5-7-9-11-13-15-36(40)38(42)45-34-23-17-30(18-24-34)29-44-33-25-19-31(20-26-33)32-21-27-35(28-22-32)46-39(43)37(41)16-14-12-10-8-6-4-2/h19-20,25-26,30,32,34-37H,3-18,21-24,27-29H2,1-2H3/t30?,32?,34?,35?,36-,37-/m0/s1. The minimum atomic E-state index is -1.50. The second-order valence-corrected chi connectivity index (χ2v) is 13.9. The second kappa shape index (κ2) is 22.4. The quantitative estimate of drug-likeness (QED) is 0.0925. The molecule has 46 heavy (non-hydrogen) atoms. The number of ether oxygens (including phenoxy) is 3. The van der Waals surface area contributed by atoms with Crippen LogP contribution < -0.4 is 4.74 Å². The molecule has 1 aromatic carbocycles. The van der Waals surface area contributed by atoms with E-state index in [9.17, 15) is 18.4 Å². The van der Waals surface area contributed by atoms with Gasteiger partial charge in [0.1, 0.15) is 18.0 Å². The van der Waals surface area contributed by atoms with Gasteiger partial charge in [-0.25, -0.2) is 18.4 Å². The first-order valence-corrected chi connectivity index (χ1v) is 18.8. The summed E-state index contributed by atoms with van der Waals surface area (Å²) in [7, 11) is 0. The third kappa shape index (κ3) is 14.7. The first-order valence-electron chi connectivity index (χ1n) is 18.8. The Morgan fingerprint density at radius 2 is 1.07 bits per heavy atom. The van der Waals surface area contributed by atoms with Crippen molar-refractivity contribution in [1.82, 2.24) is 0 Å². The van der Waals surface area contributed by atoms with Crippen LogP contribution in [0.5, 0.6) is 5.75 Å². The lowest BCUT2D eigenvalue weighted by molar-refractivity contribution is -0.158. The Bertz CT molecular complexity index is 954. The summed E-state index contributed by atoms with van der Waals surface area (Å²) in [5, 5.41) is 0. The molecule has 0 N–H and O–H groups in total. The Kier molecular flexibility index (Phi) is 18.6. The summed E-state index contributed by atoms with van der Waals surface area (Å²) in [6.45, 7) is 4.97. The summed E-state index contributed by atoms with van der Waals surface area (Å²) in [5.41, 5.74) is 1.26. The van der Waals surface area contributed by atoms with Gasteiger partial charge in [0.05, 0.1) is 6.61 Å². The second-order valence-electron chi connectivity index (χ2n) is 13.9. The molecule has 0 unspecified atom stereocenters. The fourth-order valence-electron chi connectivity index (χ4n) is 6.90. The smallest absolute Gasteiger partial charge is 0.340 e. The van der Waals surface area contributed by atoms with Gasteiger partial charge in [0.15, 0.2) is 12.3 Å². The molecule has 5 nitrogen and oxygen atoms in total. The minimum absolute atomic E-state index is 0.184. The van der Waals surface area contributed by atoms with Gasteiger partial charge in [-0.1, -0.05) is 90.2 Å². The lowest BCUT2D eigenvalue weighted by Gasteiger charge is -2.29. The average molecular weight is 649 g/mol. The third-order valence-corrected chi connectivity index (χ3v) is 10.0. The molecule has 2 aliphatic carbocycles. The molecule has 3 rings (SSSR count). The predicted octanol–water partition coefficient (Wildman–Crippen LogP) is 10.9. The highest BCUT2D eigenvalue weighted by molar-refractivity contribution is 5.75. The van der Waals surface area contributed by atoms with Crippen molar-refractivity contribution in [3.63, 3.8) is 0 Å². The van der Waals surface area contributed by atoms with Crippen molar-refractivity contribution in [1.29, 1.82) is 0 Å². The Labute approximate surface area is 277 Å². The first-order chi connectivity index (χ1) is 22.4. The Morgan fingerprint density at radius 1 is 0.630 bits per heavy atom. The van der Waals surface area contributed by atoms with Gasteiger partial charge in [0, 0.05) is 0 Å². The highest BCUT2D eigenvalue weighted by Crippen LogP contribution is 2.35. The zero-order valence-corrected chi connectivity index (χ0v) is 28.8. The Hall–Kier alpha value is -2.18. The molecule has 0 bridgehead atoms. The average Bonchev–Trinajstić information content (AvgIpc) is 3.08. The Morgan fingerprint density at radius 3 is 1.54 bits per heavy atom. The number of esters is 2. The SMILES string of the molecule is CCCCCCCC[C@H](F)C(=O)OC1CCC(COc2ccc(C3CCC(OC(=O)[C@@H](F)CCCCCCCC)CC3)cc2)CC1. The maximum atomic E-state index is 14.3. The number of carbonyl (C=O) groups is 2. The lowest BCUT2D eigenvalue weighted by atomic mass is 9.82. The van der Waals surface area contributed by atoms with E-state index in [1.165, 1.54) is 44.1 Å². The van der Waals surface area contributed by atoms with E-state index in [4.69, 9.17) is 14.2 Å². The van der Waals surface area contributed by atoms with Gasteiger partial charge < -0.3 is 14.2 Å². The molecular weight excluding hydrogens is 586 g/mol. The van der Waals surface area contributed by atoms with Gasteiger partial charge in [-0.05, 0) is 107 Å². The van der Waals surface area contributed by atoms with Crippen LogP contribution in [0.3, 0.4) is 0 Å². The van der Waals surface area contributed by atoms with Crippen molar-refractivity contribution in [2.24, 2.45) is 5.92 Å². The number of hydrogen-bond donors (Lipinski definition) is 0. The molecule has 2 atom stereocenters. The van der Waals surface area contributed by atoms with Gasteiger partial charge in [0.25, 0.3) is 0 Å². The number of unbranched alkanes of at least 4 members (excludes halogenated alkanes) is 10. The molecule has 2 saturated carbocycles. The monoisotopic (exact) mass is 648 g/mol. The number of alkyl halides is 2. The van der Waals surface area contributed by atoms with Crippen LogP contribution in [0, 0.1) is 5.92 Å². The molecule has 0 aromatic heterocycles. The molecule has 7 heteroatoms. The number of halogens is 2. The van der Waals surface area contributed by atoms with E-state index in [0.29, 0.717) is 18.4 Å². The summed E-state index contributed by atoms with van der Waals surface area (Å²) >= 11 is 0. The summed E-state index contributed by atoms with van der Waals surface area (Å²) in [6.07, 6.45) is 16.7. The third-order valence-electron chi connectivity index (χ3n) is 10.0. The van der Waals surface area contributed by atoms with Crippen molar-refractivity contribution >= 4 is 11.9 Å². The number of hydrogen-bond acceptors (Lipinski definition) is 5. The molecular formula is C39H62F2O5. The molecule has 2 aliphatic rings. The van der Waals surface area contributed by atoms with Crippen molar-refractivity contribution in [3.05, 3.63) is 29.8 Å². The highest BCUT2D eigenvalue weighted by Gasteiger charge is 2.29. The number of carbonyl (C=O) groups excluding carboxylic acids is 2. The van der Waals surface area contributed by atoms with Gasteiger partial charge in [-0.3, -0.25) is 0 Å². The maximum absolute atomic E-state index is 14.3. The van der Waals surface area contributed by atoms with Crippen LogP contribution in [-0.2, 0) is 19.1 Å². The fraction of sp³-hybridized carbons (Fsp3) is 0.795. The summed E-state index contributed by atoms with van der Waals surface area (Å²) in [6, 6.07) is 8.30. The number of benzene rings is 1. The van der Waals surface area contributed by atoms with Gasteiger partial charge in [0.2, 0.25) is 0 Å². The van der Waals surface area contributed by atoms with Crippen molar-refractivity contribution < 1.29 is 32.6 Å². The maximum Gasteiger partial charge on any atom is 0.340 e. The van der Waals surface area contributed by atoms with Crippen LogP contribution >= 0.6 is 0 Å². The lowest BCUT2D eigenvalue weighted by Crippen LogP contribution is -2.30. The molecule has 0 saturated heterocycles. The highest BCUT2D eigenvalue weighted by atomic mass is 19.1. The predicted molar refractivity (Wildman–Crippen MR) is 181 cm³/mol. The zero-order valence-electron chi connectivity index (χ0n) is 28.8. The van der Waals surface area contributed by atoms with Crippen LogP contribution in [-0.4, -0.2) is 43.1 Å². The van der Waals surface area contributed by atoms with Crippen LogP contribution in [0.4, 0.5) is 8.78 Å². The van der Waals surface area contributed by atoms with E-state index in [0.717, 1.165) is 95.6 Å². The molecule has 0 amide bonds. The van der Waals surface area contributed by atoms with E-state index in [1.54, 1.807) is 0 Å². The van der Waals surface area contributed by atoms with Gasteiger partial charge in [-0.15, -0.1) is 0 Å². The molecule has 0 aliphatic heterocycles. The normalized spacial score (nSPS) is 23.0. The van der Waals surface area contributed by atoms with Crippen LogP contribution in [0.2, 0.25) is 0 Å². The molecule has 1 aromatic rings. The van der Waals surface area contributed by atoms with Crippen LogP contribution in [0.15, 0.2) is 24.3 Å². The zero-order chi connectivity index (χ0) is 33.0. The largest absolute Gasteiger partial charge is 0.493 e. The summed E-state index contributed by atoms with van der Waals surface area (Å²) in [5.74, 6) is 0.275. The molecule has 262 valence electrons. The first kappa shape index (κ1) is 38.3. The van der Waals surface area contributed by atoms with Crippen molar-refractivity contribution in [2.45, 2.75) is 186 Å². The molecule has 0 heterocycles. The van der Waals surface area contributed by atoms with Crippen molar-refractivity contribution in [2.75, 3.05) is 6.61 Å². The molecule has 0 radical (unpaired) electrons. The van der Waals surface area contributed by atoms with Crippen LogP contribution in [0.25, 0.3) is 0 Å². The van der Waals surface area contributed by atoms with Gasteiger partial charge >= 0.3 is 11.9 Å². The minimum Gasteiger partial charge on any atom is -0.493 e. The van der Waals surface area contributed by atoms with E-state index < -0.39 is 24.3 Å². The number of rotatable bonds is 22. The molecule has 2 fully saturated rings. The van der Waals surface area contributed by atoms with Gasteiger partial charge in [-0.2, -0.15) is 0 Å². The Balaban J connectivity index is 1.26.